The van der Waals surface area contributed by atoms with Gasteiger partial charge in [0.25, 0.3) is 0 Å². The first-order valence-electron chi connectivity index (χ1n) is 4.53. The highest BCUT2D eigenvalue weighted by atomic mass is 35.5. The predicted octanol–water partition coefficient (Wildman–Crippen LogP) is 2.34. The van der Waals surface area contributed by atoms with E-state index < -0.39 is 0 Å². The van der Waals surface area contributed by atoms with Gasteiger partial charge in [-0.25, -0.2) is 9.97 Å². The summed E-state index contributed by atoms with van der Waals surface area (Å²) in [6.45, 7) is 2.20. The molecule has 2 unspecified atom stereocenters. The number of anilines is 1. The zero-order valence-electron chi connectivity index (χ0n) is 7.50. The van der Waals surface area contributed by atoms with Crippen LogP contribution in [-0.4, -0.2) is 16.0 Å². The van der Waals surface area contributed by atoms with Crippen LogP contribution in [0.1, 0.15) is 19.8 Å². The molecule has 0 bridgehead atoms. The SMILES string of the molecule is CCC1CC1Nc1ncc(Cl)cn1. The van der Waals surface area contributed by atoms with Crippen molar-refractivity contribution >= 4 is 17.5 Å². The molecule has 3 nitrogen and oxygen atoms in total. The van der Waals surface area contributed by atoms with Crippen molar-refractivity contribution in [3.63, 3.8) is 0 Å². The summed E-state index contributed by atoms with van der Waals surface area (Å²) in [7, 11) is 0. The molecular formula is C9H12ClN3. The average molecular weight is 198 g/mol. The van der Waals surface area contributed by atoms with E-state index in [9.17, 15) is 0 Å². The maximum atomic E-state index is 5.67. The molecule has 70 valence electrons. The maximum Gasteiger partial charge on any atom is 0.222 e. The van der Waals surface area contributed by atoms with Gasteiger partial charge in [0.05, 0.1) is 17.4 Å². The highest BCUT2D eigenvalue weighted by Gasteiger charge is 2.35. The highest BCUT2D eigenvalue weighted by Crippen LogP contribution is 2.35. The molecule has 1 aliphatic carbocycles. The molecule has 1 heterocycles. The second kappa shape index (κ2) is 3.50. The number of aromatic nitrogens is 2. The second-order valence-corrected chi connectivity index (χ2v) is 3.82. The summed E-state index contributed by atoms with van der Waals surface area (Å²) >= 11 is 5.67. The smallest absolute Gasteiger partial charge is 0.222 e. The Kier molecular flexibility index (Phi) is 2.36. The van der Waals surface area contributed by atoms with E-state index in [0.29, 0.717) is 17.0 Å². The van der Waals surface area contributed by atoms with E-state index >= 15 is 0 Å². The van der Waals surface area contributed by atoms with Gasteiger partial charge >= 0.3 is 0 Å². The Morgan fingerprint density at radius 3 is 2.77 bits per heavy atom. The van der Waals surface area contributed by atoms with Crippen LogP contribution < -0.4 is 5.32 Å². The van der Waals surface area contributed by atoms with E-state index in [1.165, 1.54) is 12.8 Å². The van der Waals surface area contributed by atoms with Crippen LogP contribution in [0.4, 0.5) is 5.95 Å². The first-order valence-corrected chi connectivity index (χ1v) is 4.91. The third-order valence-electron chi connectivity index (χ3n) is 2.38. The maximum absolute atomic E-state index is 5.67. The molecule has 2 atom stereocenters. The van der Waals surface area contributed by atoms with Crippen molar-refractivity contribution in [2.75, 3.05) is 5.32 Å². The zero-order chi connectivity index (χ0) is 9.26. The molecule has 0 saturated heterocycles. The van der Waals surface area contributed by atoms with E-state index in [1.54, 1.807) is 12.4 Å². The van der Waals surface area contributed by atoms with Crippen LogP contribution in [-0.2, 0) is 0 Å². The molecule has 4 heteroatoms. The van der Waals surface area contributed by atoms with Crippen LogP contribution >= 0.6 is 11.6 Å². The Balaban J connectivity index is 1.92. The van der Waals surface area contributed by atoms with Gasteiger partial charge in [-0.1, -0.05) is 24.9 Å². The Hall–Kier alpha value is -0.830. The molecule has 1 aromatic rings. The Bertz CT molecular complexity index is 285. The van der Waals surface area contributed by atoms with Crippen molar-refractivity contribution in [3.8, 4) is 0 Å². The molecule has 1 aromatic heterocycles. The fourth-order valence-corrected chi connectivity index (χ4v) is 1.53. The topological polar surface area (TPSA) is 37.8 Å². The molecule has 0 aliphatic heterocycles. The lowest BCUT2D eigenvalue weighted by atomic mass is 10.3. The van der Waals surface area contributed by atoms with Gasteiger partial charge in [0, 0.05) is 6.04 Å². The van der Waals surface area contributed by atoms with Crippen LogP contribution in [0.25, 0.3) is 0 Å². The fraction of sp³-hybridized carbons (Fsp3) is 0.556. The molecule has 0 aromatic carbocycles. The number of nitrogens with zero attached hydrogens (tertiary/aromatic N) is 2. The predicted molar refractivity (Wildman–Crippen MR) is 52.9 cm³/mol. The lowest BCUT2D eigenvalue weighted by molar-refractivity contribution is 0.771. The van der Waals surface area contributed by atoms with E-state index in [4.69, 9.17) is 11.6 Å². The molecule has 0 radical (unpaired) electrons. The lowest BCUT2D eigenvalue weighted by Crippen LogP contribution is -2.07. The van der Waals surface area contributed by atoms with E-state index in [-0.39, 0.29) is 0 Å². The second-order valence-electron chi connectivity index (χ2n) is 3.38. The monoisotopic (exact) mass is 197 g/mol. The summed E-state index contributed by atoms with van der Waals surface area (Å²) in [5, 5.41) is 3.84. The van der Waals surface area contributed by atoms with E-state index in [0.717, 1.165) is 5.92 Å². The van der Waals surface area contributed by atoms with Crippen LogP contribution in [0, 0.1) is 5.92 Å². The van der Waals surface area contributed by atoms with Crippen LogP contribution in [0.2, 0.25) is 5.02 Å². The molecule has 1 fully saturated rings. The molecule has 0 amide bonds. The van der Waals surface area contributed by atoms with Gasteiger partial charge in [-0.15, -0.1) is 0 Å². The van der Waals surface area contributed by atoms with Crippen molar-refractivity contribution in [1.29, 1.82) is 0 Å². The van der Waals surface area contributed by atoms with Crippen molar-refractivity contribution < 1.29 is 0 Å². The highest BCUT2D eigenvalue weighted by molar-refractivity contribution is 6.30. The van der Waals surface area contributed by atoms with E-state index in [2.05, 4.69) is 22.2 Å². The molecule has 0 spiro atoms. The average Bonchev–Trinajstić information content (AvgIpc) is 2.88. The van der Waals surface area contributed by atoms with Gasteiger partial charge < -0.3 is 5.32 Å². The number of halogens is 1. The Labute approximate surface area is 82.5 Å². The van der Waals surface area contributed by atoms with Gasteiger partial charge in [0.1, 0.15) is 0 Å². The summed E-state index contributed by atoms with van der Waals surface area (Å²) in [5.74, 6) is 1.49. The Morgan fingerprint density at radius 1 is 1.54 bits per heavy atom. The van der Waals surface area contributed by atoms with Gasteiger partial charge in [-0.3, -0.25) is 0 Å². The lowest BCUT2D eigenvalue weighted by Gasteiger charge is -2.01. The quantitative estimate of drug-likeness (QED) is 0.809. The molecule has 1 saturated carbocycles. The van der Waals surface area contributed by atoms with Crippen LogP contribution in [0.3, 0.4) is 0 Å². The van der Waals surface area contributed by atoms with Gasteiger partial charge in [-0.05, 0) is 12.3 Å². The van der Waals surface area contributed by atoms with Crippen LogP contribution in [0.5, 0.6) is 0 Å². The number of nitrogens with one attached hydrogen (secondary N) is 1. The number of hydrogen-bond donors (Lipinski definition) is 1. The molecule has 1 aliphatic rings. The molecule has 13 heavy (non-hydrogen) atoms. The Morgan fingerprint density at radius 2 is 2.23 bits per heavy atom. The third kappa shape index (κ3) is 2.10. The van der Waals surface area contributed by atoms with E-state index in [1.807, 2.05) is 0 Å². The molecular weight excluding hydrogens is 186 g/mol. The zero-order valence-corrected chi connectivity index (χ0v) is 8.25. The minimum Gasteiger partial charge on any atom is -0.351 e. The first kappa shape index (κ1) is 8.75. The first-order chi connectivity index (χ1) is 6.29. The normalized spacial score (nSPS) is 25.7. The number of rotatable bonds is 3. The van der Waals surface area contributed by atoms with Crippen molar-refractivity contribution in [1.82, 2.24) is 9.97 Å². The minimum atomic E-state index is 0.575. The van der Waals surface area contributed by atoms with Crippen molar-refractivity contribution in [2.45, 2.75) is 25.8 Å². The number of hydrogen-bond acceptors (Lipinski definition) is 3. The van der Waals surface area contributed by atoms with Crippen molar-refractivity contribution in [2.24, 2.45) is 5.92 Å². The fourth-order valence-electron chi connectivity index (χ4n) is 1.43. The minimum absolute atomic E-state index is 0.575. The summed E-state index contributed by atoms with van der Waals surface area (Å²) in [5.41, 5.74) is 0. The standard InChI is InChI=1S/C9H12ClN3/c1-2-6-3-8(6)13-9-11-4-7(10)5-12-9/h4-6,8H,2-3H2,1H3,(H,11,12,13). The van der Waals surface area contributed by atoms with Gasteiger partial charge in [0.2, 0.25) is 5.95 Å². The summed E-state index contributed by atoms with van der Waals surface area (Å²) in [6.07, 6.45) is 5.69. The van der Waals surface area contributed by atoms with Gasteiger partial charge in [0.15, 0.2) is 0 Å². The third-order valence-corrected chi connectivity index (χ3v) is 2.58. The molecule has 1 N–H and O–H groups in total. The molecule has 2 rings (SSSR count). The summed E-state index contributed by atoms with van der Waals surface area (Å²) in [4.78, 5) is 8.15. The van der Waals surface area contributed by atoms with Crippen LogP contribution in [0.15, 0.2) is 12.4 Å². The van der Waals surface area contributed by atoms with Crippen molar-refractivity contribution in [3.05, 3.63) is 17.4 Å². The summed E-state index contributed by atoms with van der Waals surface area (Å²) < 4.78 is 0. The summed E-state index contributed by atoms with van der Waals surface area (Å²) in [6, 6.07) is 0.575. The largest absolute Gasteiger partial charge is 0.351 e. The van der Waals surface area contributed by atoms with Gasteiger partial charge in [-0.2, -0.15) is 0 Å².